The lowest BCUT2D eigenvalue weighted by atomic mass is 10.0. The number of amidine groups is 1. The number of anilines is 1. The van der Waals surface area contributed by atoms with Crippen LogP contribution in [-0.2, 0) is 6.42 Å². The molecule has 0 saturated heterocycles. The van der Waals surface area contributed by atoms with Gasteiger partial charge >= 0.3 is 0 Å². The molecule has 1 unspecified atom stereocenters. The minimum Gasteiger partial charge on any atom is -0.383 e. The van der Waals surface area contributed by atoms with Crippen LogP contribution in [0.5, 0.6) is 0 Å². The zero-order chi connectivity index (χ0) is 29.0. The Hall–Kier alpha value is -3.06. The molecule has 13 heteroatoms. The quantitative estimate of drug-likeness (QED) is 0.0829. The van der Waals surface area contributed by atoms with Crippen LogP contribution in [0.15, 0.2) is 62.2 Å². The van der Waals surface area contributed by atoms with Crippen molar-refractivity contribution in [3.05, 3.63) is 97.0 Å². The van der Waals surface area contributed by atoms with Crippen LogP contribution in [0.1, 0.15) is 29.4 Å². The van der Waals surface area contributed by atoms with Gasteiger partial charge in [-0.25, -0.2) is 13.8 Å². The molecule has 3 aromatic carbocycles. The van der Waals surface area contributed by atoms with E-state index in [9.17, 15) is 18.0 Å². The van der Waals surface area contributed by atoms with Gasteiger partial charge in [0.2, 0.25) is 0 Å². The lowest BCUT2D eigenvalue weighted by Gasteiger charge is -2.23. The van der Waals surface area contributed by atoms with Crippen molar-refractivity contribution < 1.29 is 13.2 Å². The molecule has 0 bridgehead atoms. The molecule has 0 amide bonds. The highest BCUT2D eigenvalue weighted by molar-refractivity contribution is 9.10. The second-order valence-corrected chi connectivity index (χ2v) is 10.7. The first-order valence-corrected chi connectivity index (χ1v) is 14.4. The first kappa shape index (κ1) is 29.9. The van der Waals surface area contributed by atoms with E-state index in [2.05, 4.69) is 25.6 Å². The summed E-state index contributed by atoms with van der Waals surface area (Å²) in [5, 5.41) is 3.70. The number of hydrogen-bond acceptors (Lipinski definition) is 6. The molecular weight excluding hydrogens is 629 g/mol. The number of alkyl halides is 1. The van der Waals surface area contributed by atoms with Crippen LogP contribution >= 0.6 is 39.5 Å². The van der Waals surface area contributed by atoms with E-state index in [1.807, 2.05) is 0 Å². The minimum absolute atomic E-state index is 0.0260. The maximum atomic E-state index is 14.0. The third kappa shape index (κ3) is 6.46. The SMILES string of the molecule is CSN=C(N)c1c(Cl)ccc(-n2c(C(N)Cc3cc(F)cc(F)c3)nc3cc(Br)ccc3c2=O)c1NCCCF. The molecule has 7 nitrogen and oxygen atoms in total. The molecule has 1 aromatic heterocycles. The second kappa shape index (κ2) is 13.1. The Kier molecular flexibility index (Phi) is 9.77. The Morgan fingerprint density at radius 1 is 1.20 bits per heavy atom. The molecule has 5 N–H and O–H groups in total. The third-order valence-corrected chi connectivity index (χ3v) is 7.19. The molecule has 1 atom stereocenters. The molecule has 40 heavy (non-hydrogen) atoms. The third-order valence-electron chi connectivity index (χ3n) is 6.00. The minimum atomic E-state index is -0.965. The Labute approximate surface area is 246 Å². The van der Waals surface area contributed by atoms with Crippen LogP contribution in [0.2, 0.25) is 5.02 Å². The molecule has 0 aliphatic heterocycles. The van der Waals surface area contributed by atoms with Crippen molar-refractivity contribution in [1.29, 1.82) is 0 Å². The molecule has 0 saturated carbocycles. The van der Waals surface area contributed by atoms with Gasteiger partial charge in [-0.1, -0.05) is 27.5 Å². The number of fused-ring (bicyclic) bond motifs is 1. The zero-order valence-corrected chi connectivity index (χ0v) is 24.4. The van der Waals surface area contributed by atoms with Crippen LogP contribution in [0.4, 0.5) is 18.9 Å². The van der Waals surface area contributed by atoms with E-state index in [0.717, 1.165) is 18.0 Å². The van der Waals surface area contributed by atoms with Gasteiger partial charge < -0.3 is 16.8 Å². The molecule has 0 aliphatic rings. The van der Waals surface area contributed by atoms with E-state index < -0.39 is 29.9 Å². The van der Waals surface area contributed by atoms with E-state index in [4.69, 9.17) is 28.1 Å². The Bertz CT molecular complexity index is 1630. The van der Waals surface area contributed by atoms with E-state index in [1.54, 1.807) is 36.6 Å². The highest BCUT2D eigenvalue weighted by Gasteiger charge is 2.24. The molecule has 0 aliphatic carbocycles. The van der Waals surface area contributed by atoms with E-state index in [-0.39, 0.29) is 41.6 Å². The summed E-state index contributed by atoms with van der Waals surface area (Å²) >= 11 is 11.1. The average Bonchev–Trinajstić information content (AvgIpc) is 2.88. The lowest BCUT2D eigenvalue weighted by molar-refractivity contribution is 0.481. The van der Waals surface area contributed by atoms with Crippen LogP contribution in [-0.4, -0.2) is 34.9 Å². The number of benzene rings is 3. The normalized spacial score (nSPS) is 12.6. The van der Waals surface area contributed by atoms with Crippen LogP contribution in [0, 0.1) is 11.6 Å². The van der Waals surface area contributed by atoms with Crippen LogP contribution in [0.25, 0.3) is 16.6 Å². The van der Waals surface area contributed by atoms with Gasteiger partial charge in [0.15, 0.2) is 0 Å². The fourth-order valence-electron chi connectivity index (χ4n) is 4.34. The van der Waals surface area contributed by atoms with Crippen molar-refractivity contribution >= 4 is 61.9 Å². The highest BCUT2D eigenvalue weighted by Crippen LogP contribution is 2.33. The van der Waals surface area contributed by atoms with Crippen molar-refractivity contribution in [2.24, 2.45) is 15.9 Å². The van der Waals surface area contributed by atoms with Crippen LogP contribution < -0.4 is 22.3 Å². The summed E-state index contributed by atoms with van der Waals surface area (Å²) in [5.41, 5.74) is 14.0. The van der Waals surface area contributed by atoms with Crippen molar-refractivity contribution in [2.45, 2.75) is 18.9 Å². The molecule has 4 rings (SSSR count). The molecule has 4 aromatic rings. The van der Waals surface area contributed by atoms with Gasteiger partial charge in [0.25, 0.3) is 5.56 Å². The fraction of sp³-hybridized carbons (Fsp3) is 0.222. The number of nitrogens with zero attached hydrogens (tertiary/aromatic N) is 3. The summed E-state index contributed by atoms with van der Waals surface area (Å²) in [4.78, 5) is 18.8. The number of halogens is 5. The lowest BCUT2D eigenvalue weighted by Crippen LogP contribution is -2.31. The van der Waals surface area contributed by atoms with Gasteiger partial charge in [0, 0.05) is 23.3 Å². The zero-order valence-electron chi connectivity index (χ0n) is 21.2. The smallest absolute Gasteiger partial charge is 0.266 e. The monoisotopic (exact) mass is 652 g/mol. The number of nitrogens with one attached hydrogen (secondary N) is 1. The summed E-state index contributed by atoms with van der Waals surface area (Å²) in [6.45, 7) is -0.366. The molecule has 210 valence electrons. The topological polar surface area (TPSA) is 111 Å². The van der Waals surface area contributed by atoms with Gasteiger partial charge in [-0.3, -0.25) is 13.8 Å². The Balaban J connectivity index is 2.02. The average molecular weight is 654 g/mol. The maximum absolute atomic E-state index is 14.0. The van der Waals surface area contributed by atoms with Crippen molar-refractivity contribution in [2.75, 3.05) is 24.8 Å². The first-order chi connectivity index (χ1) is 19.1. The molecule has 0 radical (unpaired) electrons. The first-order valence-electron chi connectivity index (χ1n) is 12.1. The van der Waals surface area contributed by atoms with Gasteiger partial charge in [0.1, 0.15) is 23.3 Å². The summed E-state index contributed by atoms with van der Waals surface area (Å²) in [5.74, 6) is -1.28. The standard InChI is InChI=1S/C27H25BrClF3N6OS/c1-40-37-25(34)23-19(29)5-6-22(24(23)35-8-2-7-30)38-26(20(33)11-14-9-16(31)13-17(32)10-14)36-21-12-15(28)3-4-18(21)27(38)39/h3-6,9-10,12-13,20,35H,2,7-8,11,33H2,1H3,(H2,34,37). The summed E-state index contributed by atoms with van der Waals surface area (Å²) in [6, 6.07) is 10.3. The van der Waals surface area contributed by atoms with Crippen molar-refractivity contribution in [3.8, 4) is 5.69 Å². The van der Waals surface area contributed by atoms with E-state index >= 15 is 0 Å². The van der Waals surface area contributed by atoms with Crippen LogP contribution in [0.3, 0.4) is 0 Å². The summed E-state index contributed by atoms with van der Waals surface area (Å²) in [7, 11) is 0. The highest BCUT2D eigenvalue weighted by atomic mass is 79.9. The van der Waals surface area contributed by atoms with Gasteiger partial charge in [-0.05, 0) is 72.8 Å². The van der Waals surface area contributed by atoms with Crippen molar-refractivity contribution in [1.82, 2.24) is 9.55 Å². The van der Waals surface area contributed by atoms with E-state index in [0.29, 0.717) is 32.3 Å². The summed E-state index contributed by atoms with van der Waals surface area (Å²) < 4.78 is 47.1. The van der Waals surface area contributed by atoms with Gasteiger partial charge in [-0.15, -0.1) is 0 Å². The Morgan fingerprint density at radius 2 is 1.93 bits per heavy atom. The fourth-order valence-corrected chi connectivity index (χ4v) is 5.23. The maximum Gasteiger partial charge on any atom is 0.266 e. The predicted molar refractivity (Wildman–Crippen MR) is 160 cm³/mol. The second-order valence-electron chi connectivity index (χ2n) is 8.81. The Morgan fingerprint density at radius 3 is 2.60 bits per heavy atom. The van der Waals surface area contributed by atoms with E-state index in [1.165, 1.54) is 16.7 Å². The number of aromatic nitrogens is 2. The van der Waals surface area contributed by atoms with Gasteiger partial charge in [-0.2, -0.15) is 4.40 Å². The molecule has 0 fully saturated rings. The largest absolute Gasteiger partial charge is 0.383 e. The van der Waals surface area contributed by atoms with Gasteiger partial charge in [0.05, 0.1) is 45.6 Å². The molecule has 1 heterocycles. The number of nitrogens with two attached hydrogens (primary N) is 2. The number of rotatable bonds is 10. The molecule has 0 spiro atoms. The predicted octanol–water partition coefficient (Wildman–Crippen LogP) is 6.08. The number of hydrogen-bond donors (Lipinski definition) is 3. The van der Waals surface area contributed by atoms with Crippen molar-refractivity contribution in [3.63, 3.8) is 0 Å². The summed E-state index contributed by atoms with van der Waals surface area (Å²) in [6.07, 6.45) is 1.88. The molecular formula is C27H25BrClF3N6OS.